The third-order valence-corrected chi connectivity index (χ3v) is 2.43. The Morgan fingerprint density at radius 2 is 2.15 bits per heavy atom. The van der Waals surface area contributed by atoms with Crippen molar-refractivity contribution in [1.82, 2.24) is 0 Å². The van der Waals surface area contributed by atoms with Crippen molar-refractivity contribution >= 4 is 0 Å². The molecule has 0 spiro atoms. The van der Waals surface area contributed by atoms with E-state index in [1.54, 1.807) is 0 Å². The maximum atomic E-state index is 9.06. The second kappa shape index (κ2) is 3.56. The average molecular weight is 187 g/mol. The van der Waals surface area contributed by atoms with Crippen molar-refractivity contribution in [3.8, 4) is 0 Å². The molecule has 1 fully saturated rings. The van der Waals surface area contributed by atoms with Crippen LogP contribution in [0.2, 0.25) is 0 Å². The van der Waals surface area contributed by atoms with Crippen LogP contribution in [0, 0.1) is 0 Å². The van der Waals surface area contributed by atoms with Gasteiger partial charge in [0.05, 0.1) is 18.3 Å². The summed E-state index contributed by atoms with van der Waals surface area (Å²) in [5, 5.41) is 9.06. The van der Waals surface area contributed by atoms with Crippen molar-refractivity contribution in [2.24, 2.45) is 5.73 Å². The predicted octanol–water partition coefficient (Wildman–Crippen LogP) is 1.04. The van der Waals surface area contributed by atoms with Gasteiger partial charge in [-0.3, -0.25) is 0 Å². The van der Waals surface area contributed by atoms with Gasteiger partial charge in [-0.2, -0.15) is 0 Å². The monoisotopic (exact) mass is 187 g/mol. The molecular weight excluding hydrogens is 166 g/mol. The van der Waals surface area contributed by atoms with Crippen LogP contribution in [-0.2, 0) is 4.74 Å². The molecule has 1 rings (SSSR count). The SMILES string of the molecule is CC(C)(C)OC1CCC(N)(CO)C1. The van der Waals surface area contributed by atoms with Gasteiger partial charge in [-0.05, 0) is 40.0 Å². The van der Waals surface area contributed by atoms with Crippen LogP contribution in [0.3, 0.4) is 0 Å². The first kappa shape index (κ1) is 11.0. The van der Waals surface area contributed by atoms with Crippen LogP contribution < -0.4 is 5.73 Å². The summed E-state index contributed by atoms with van der Waals surface area (Å²) in [7, 11) is 0. The van der Waals surface area contributed by atoms with Gasteiger partial charge in [0.2, 0.25) is 0 Å². The Bertz CT molecular complexity index is 176. The summed E-state index contributed by atoms with van der Waals surface area (Å²) in [5.41, 5.74) is 5.44. The van der Waals surface area contributed by atoms with Crippen LogP contribution in [0.25, 0.3) is 0 Å². The standard InChI is InChI=1S/C10H21NO2/c1-9(2,3)13-8-4-5-10(11,6-8)7-12/h8,12H,4-7,11H2,1-3H3. The first-order valence-electron chi connectivity index (χ1n) is 4.92. The van der Waals surface area contributed by atoms with Crippen LogP contribution >= 0.6 is 0 Å². The lowest BCUT2D eigenvalue weighted by atomic mass is 10.0. The first-order chi connectivity index (χ1) is 5.85. The second-order valence-corrected chi connectivity index (χ2v) is 5.12. The van der Waals surface area contributed by atoms with Crippen LogP contribution in [0.4, 0.5) is 0 Å². The van der Waals surface area contributed by atoms with Crippen molar-refractivity contribution in [2.75, 3.05) is 6.61 Å². The molecule has 1 aliphatic carbocycles. The van der Waals surface area contributed by atoms with Gasteiger partial charge in [0.1, 0.15) is 0 Å². The fourth-order valence-corrected chi connectivity index (χ4v) is 1.85. The molecule has 1 aliphatic rings. The van der Waals surface area contributed by atoms with E-state index in [9.17, 15) is 0 Å². The van der Waals surface area contributed by atoms with Gasteiger partial charge in [-0.25, -0.2) is 0 Å². The van der Waals surface area contributed by atoms with Gasteiger partial charge in [0, 0.05) is 5.54 Å². The van der Waals surface area contributed by atoms with Gasteiger partial charge >= 0.3 is 0 Å². The predicted molar refractivity (Wildman–Crippen MR) is 52.5 cm³/mol. The molecule has 3 heteroatoms. The van der Waals surface area contributed by atoms with Crippen LogP contribution in [-0.4, -0.2) is 29.0 Å². The zero-order valence-corrected chi connectivity index (χ0v) is 8.84. The van der Waals surface area contributed by atoms with Gasteiger partial charge < -0.3 is 15.6 Å². The van der Waals surface area contributed by atoms with Crippen molar-refractivity contribution < 1.29 is 9.84 Å². The molecule has 3 N–H and O–H groups in total. The van der Waals surface area contributed by atoms with E-state index < -0.39 is 5.54 Å². The minimum absolute atomic E-state index is 0.0665. The molecule has 0 aromatic rings. The number of ether oxygens (including phenoxy) is 1. The smallest absolute Gasteiger partial charge is 0.0612 e. The number of hydrogen-bond acceptors (Lipinski definition) is 3. The normalized spacial score (nSPS) is 35.3. The van der Waals surface area contributed by atoms with Crippen molar-refractivity contribution in [3.63, 3.8) is 0 Å². The van der Waals surface area contributed by atoms with E-state index in [0.29, 0.717) is 0 Å². The number of rotatable bonds is 2. The highest BCUT2D eigenvalue weighted by Gasteiger charge is 2.37. The van der Waals surface area contributed by atoms with E-state index in [1.165, 1.54) is 0 Å². The van der Waals surface area contributed by atoms with E-state index >= 15 is 0 Å². The van der Waals surface area contributed by atoms with Gasteiger partial charge in [-0.15, -0.1) is 0 Å². The highest BCUT2D eigenvalue weighted by molar-refractivity contribution is 4.94. The zero-order valence-electron chi connectivity index (χ0n) is 8.84. The Hall–Kier alpha value is -0.120. The molecule has 2 unspecified atom stereocenters. The van der Waals surface area contributed by atoms with Gasteiger partial charge in [0.25, 0.3) is 0 Å². The molecular formula is C10H21NO2. The van der Waals surface area contributed by atoms with Crippen molar-refractivity contribution in [2.45, 2.75) is 57.3 Å². The van der Waals surface area contributed by atoms with E-state index in [0.717, 1.165) is 19.3 Å². The Morgan fingerprint density at radius 1 is 1.54 bits per heavy atom. The lowest BCUT2D eigenvalue weighted by molar-refractivity contribution is -0.0589. The first-order valence-corrected chi connectivity index (χ1v) is 4.92. The maximum absolute atomic E-state index is 9.06. The second-order valence-electron chi connectivity index (χ2n) is 5.12. The van der Waals surface area contributed by atoms with E-state index in [4.69, 9.17) is 15.6 Å². The van der Waals surface area contributed by atoms with Gasteiger partial charge in [0.15, 0.2) is 0 Å². The molecule has 78 valence electrons. The minimum Gasteiger partial charge on any atom is -0.394 e. The van der Waals surface area contributed by atoms with Crippen molar-refractivity contribution in [3.05, 3.63) is 0 Å². The molecule has 13 heavy (non-hydrogen) atoms. The summed E-state index contributed by atoms with van der Waals surface area (Å²) in [6.45, 7) is 6.20. The largest absolute Gasteiger partial charge is 0.394 e. The molecule has 0 bridgehead atoms. The van der Waals surface area contributed by atoms with Crippen molar-refractivity contribution in [1.29, 1.82) is 0 Å². The molecule has 1 saturated carbocycles. The molecule has 0 aromatic heterocycles. The molecule has 0 amide bonds. The molecule has 3 nitrogen and oxygen atoms in total. The number of nitrogens with two attached hydrogens (primary N) is 1. The summed E-state index contributed by atoms with van der Waals surface area (Å²) in [6, 6.07) is 0. The third-order valence-electron chi connectivity index (χ3n) is 2.43. The lowest BCUT2D eigenvalue weighted by Crippen LogP contribution is -2.41. The maximum Gasteiger partial charge on any atom is 0.0612 e. The zero-order chi connectivity index (χ0) is 10.1. The molecule has 0 aliphatic heterocycles. The third kappa shape index (κ3) is 3.25. The van der Waals surface area contributed by atoms with Crippen LogP contribution in [0.15, 0.2) is 0 Å². The molecule has 2 atom stereocenters. The Balaban J connectivity index is 2.42. The van der Waals surface area contributed by atoms with Crippen LogP contribution in [0.5, 0.6) is 0 Å². The number of hydrogen-bond donors (Lipinski definition) is 2. The van der Waals surface area contributed by atoms with E-state index in [1.807, 2.05) is 20.8 Å². The Kier molecular flexibility index (Phi) is 3.00. The molecule has 0 heterocycles. The molecule has 0 radical (unpaired) electrons. The van der Waals surface area contributed by atoms with E-state index in [2.05, 4.69) is 0 Å². The number of aliphatic hydroxyl groups is 1. The fourth-order valence-electron chi connectivity index (χ4n) is 1.85. The fraction of sp³-hybridized carbons (Fsp3) is 1.00. The highest BCUT2D eigenvalue weighted by Crippen LogP contribution is 2.31. The highest BCUT2D eigenvalue weighted by atomic mass is 16.5. The van der Waals surface area contributed by atoms with Crippen LogP contribution in [0.1, 0.15) is 40.0 Å². The summed E-state index contributed by atoms with van der Waals surface area (Å²) < 4.78 is 5.80. The minimum atomic E-state index is -0.393. The summed E-state index contributed by atoms with van der Waals surface area (Å²) in [6.07, 6.45) is 2.83. The topological polar surface area (TPSA) is 55.5 Å². The Morgan fingerprint density at radius 3 is 2.54 bits per heavy atom. The molecule has 0 saturated heterocycles. The van der Waals surface area contributed by atoms with Gasteiger partial charge in [-0.1, -0.05) is 0 Å². The lowest BCUT2D eigenvalue weighted by Gasteiger charge is -2.26. The average Bonchev–Trinajstić information content (AvgIpc) is 2.30. The molecule has 0 aromatic carbocycles. The van der Waals surface area contributed by atoms with E-state index in [-0.39, 0.29) is 18.3 Å². The quantitative estimate of drug-likeness (QED) is 0.679. The summed E-state index contributed by atoms with van der Waals surface area (Å²) in [5.74, 6) is 0. The Labute approximate surface area is 80.3 Å². The number of aliphatic hydroxyl groups excluding tert-OH is 1. The summed E-state index contributed by atoms with van der Waals surface area (Å²) in [4.78, 5) is 0. The summed E-state index contributed by atoms with van der Waals surface area (Å²) >= 11 is 0.